The number of fused-ring (bicyclic) bond motifs is 1. The standard InChI is InChI=1S/C19H21N5O2/c25-24(26)16-7-5-15(6-8-16)19-17(14-22-11-3-9-20-10-13-22)23-12-2-1-4-18(23)21-19/h1-2,4-8,12,20H,3,9-11,13-14H2. The highest BCUT2D eigenvalue weighted by Gasteiger charge is 2.18. The number of nitrogens with zero attached hydrogens (tertiary/aromatic N) is 4. The zero-order valence-electron chi connectivity index (χ0n) is 14.5. The van der Waals surface area contributed by atoms with Crippen molar-refractivity contribution in [2.75, 3.05) is 26.2 Å². The van der Waals surface area contributed by atoms with E-state index in [4.69, 9.17) is 4.98 Å². The van der Waals surface area contributed by atoms with E-state index in [9.17, 15) is 10.1 Å². The van der Waals surface area contributed by atoms with Gasteiger partial charge in [0, 0.05) is 43.5 Å². The highest BCUT2D eigenvalue weighted by Crippen LogP contribution is 2.27. The number of benzene rings is 1. The summed E-state index contributed by atoms with van der Waals surface area (Å²) in [6.07, 6.45) is 3.16. The molecule has 7 heteroatoms. The quantitative estimate of drug-likeness (QED) is 0.578. The Morgan fingerprint density at radius 2 is 1.96 bits per heavy atom. The second kappa shape index (κ2) is 7.23. The molecule has 0 saturated carbocycles. The first-order valence-electron chi connectivity index (χ1n) is 8.86. The Balaban J connectivity index is 1.74. The van der Waals surface area contributed by atoms with Crippen LogP contribution >= 0.6 is 0 Å². The molecule has 0 amide bonds. The Morgan fingerprint density at radius 1 is 1.12 bits per heavy atom. The first kappa shape index (κ1) is 16.7. The van der Waals surface area contributed by atoms with Crippen LogP contribution in [0.1, 0.15) is 12.1 Å². The van der Waals surface area contributed by atoms with E-state index in [0.717, 1.165) is 61.7 Å². The first-order valence-corrected chi connectivity index (χ1v) is 8.86. The fourth-order valence-corrected chi connectivity index (χ4v) is 3.44. The topological polar surface area (TPSA) is 75.7 Å². The normalized spacial score (nSPS) is 15.8. The van der Waals surface area contributed by atoms with E-state index >= 15 is 0 Å². The highest BCUT2D eigenvalue weighted by atomic mass is 16.6. The average Bonchev–Trinajstić information content (AvgIpc) is 2.83. The third kappa shape index (κ3) is 3.31. The number of pyridine rings is 1. The molecule has 0 spiro atoms. The van der Waals surface area contributed by atoms with Gasteiger partial charge < -0.3 is 9.72 Å². The van der Waals surface area contributed by atoms with Crippen molar-refractivity contribution in [2.24, 2.45) is 0 Å². The summed E-state index contributed by atoms with van der Waals surface area (Å²) >= 11 is 0. The van der Waals surface area contributed by atoms with Crippen molar-refractivity contribution in [3.05, 3.63) is 64.5 Å². The molecule has 1 fully saturated rings. The monoisotopic (exact) mass is 351 g/mol. The van der Waals surface area contributed by atoms with Crippen LogP contribution in [0.3, 0.4) is 0 Å². The molecule has 7 nitrogen and oxygen atoms in total. The fraction of sp³-hybridized carbons (Fsp3) is 0.316. The van der Waals surface area contributed by atoms with Crippen LogP contribution in [0.25, 0.3) is 16.9 Å². The summed E-state index contributed by atoms with van der Waals surface area (Å²) in [6.45, 7) is 4.90. The van der Waals surface area contributed by atoms with Gasteiger partial charge in [-0.1, -0.05) is 6.07 Å². The molecule has 1 N–H and O–H groups in total. The summed E-state index contributed by atoms with van der Waals surface area (Å²) in [7, 11) is 0. The highest BCUT2D eigenvalue weighted by molar-refractivity contribution is 5.67. The van der Waals surface area contributed by atoms with Crippen LogP contribution < -0.4 is 5.32 Å². The van der Waals surface area contributed by atoms with Gasteiger partial charge in [-0.2, -0.15) is 0 Å². The molecule has 1 aliphatic rings. The molecule has 0 unspecified atom stereocenters. The molecule has 1 aromatic carbocycles. The minimum absolute atomic E-state index is 0.0951. The molecule has 1 aliphatic heterocycles. The maximum Gasteiger partial charge on any atom is 0.269 e. The Morgan fingerprint density at radius 3 is 2.77 bits per heavy atom. The molecular formula is C19H21N5O2. The van der Waals surface area contributed by atoms with E-state index in [1.54, 1.807) is 24.3 Å². The third-order valence-corrected chi connectivity index (χ3v) is 4.79. The van der Waals surface area contributed by atoms with Crippen molar-refractivity contribution in [3.8, 4) is 11.3 Å². The Kier molecular flexibility index (Phi) is 4.64. The zero-order valence-corrected chi connectivity index (χ0v) is 14.5. The number of hydrogen-bond acceptors (Lipinski definition) is 5. The van der Waals surface area contributed by atoms with Crippen LogP contribution in [-0.2, 0) is 6.54 Å². The van der Waals surface area contributed by atoms with E-state index in [1.165, 1.54) is 0 Å². The van der Waals surface area contributed by atoms with Crippen molar-refractivity contribution in [2.45, 2.75) is 13.0 Å². The second-order valence-electron chi connectivity index (χ2n) is 6.52. The van der Waals surface area contributed by atoms with Gasteiger partial charge >= 0.3 is 0 Å². The number of imidazole rings is 1. The molecule has 0 aliphatic carbocycles. The molecule has 0 bridgehead atoms. The van der Waals surface area contributed by atoms with Gasteiger partial charge in [-0.15, -0.1) is 0 Å². The maximum atomic E-state index is 10.9. The maximum absolute atomic E-state index is 10.9. The number of aromatic nitrogens is 2. The summed E-state index contributed by atoms with van der Waals surface area (Å²) in [5.41, 5.74) is 3.91. The van der Waals surface area contributed by atoms with E-state index in [-0.39, 0.29) is 10.6 Å². The van der Waals surface area contributed by atoms with Crippen molar-refractivity contribution in [1.82, 2.24) is 19.6 Å². The molecule has 3 aromatic rings. The van der Waals surface area contributed by atoms with Crippen LogP contribution in [0.2, 0.25) is 0 Å². The molecule has 2 aromatic heterocycles. The van der Waals surface area contributed by atoms with Gasteiger partial charge in [0.1, 0.15) is 5.65 Å². The lowest BCUT2D eigenvalue weighted by molar-refractivity contribution is -0.384. The smallest absolute Gasteiger partial charge is 0.269 e. The number of hydrogen-bond donors (Lipinski definition) is 1. The van der Waals surface area contributed by atoms with Crippen LogP contribution in [0.5, 0.6) is 0 Å². The number of nitro benzene ring substituents is 1. The van der Waals surface area contributed by atoms with E-state index in [1.807, 2.05) is 24.4 Å². The Labute approximate surface area is 151 Å². The number of nitro groups is 1. The van der Waals surface area contributed by atoms with E-state index in [0.29, 0.717) is 0 Å². The van der Waals surface area contributed by atoms with Gasteiger partial charge in [0.25, 0.3) is 5.69 Å². The van der Waals surface area contributed by atoms with E-state index in [2.05, 4.69) is 14.6 Å². The van der Waals surface area contributed by atoms with Crippen molar-refractivity contribution in [3.63, 3.8) is 0 Å². The van der Waals surface area contributed by atoms with Gasteiger partial charge in [-0.05, 0) is 43.8 Å². The molecular weight excluding hydrogens is 330 g/mol. The number of non-ortho nitro benzene ring substituents is 1. The third-order valence-electron chi connectivity index (χ3n) is 4.79. The van der Waals surface area contributed by atoms with Gasteiger partial charge in [-0.25, -0.2) is 4.98 Å². The Hall–Kier alpha value is -2.77. The number of nitrogens with one attached hydrogen (secondary N) is 1. The lowest BCUT2D eigenvalue weighted by Gasteiger charge is -2.20. The zero-order chi connectivity index (χ0) is 17.9. The summed E-state index contributed by atoms with van der Waals surface area (Å²) in [5.74, 6) is 0. The molecule has 1 saturated heterocycles. The largest absolute Gasteiger partial charge is 0.315 e. The minimum Gasteiger partial charge on any atom is -0.315 e. The number of rotatable bonds is 4. The summed E-state index contributed by atoms with van der Waals surface area (Å²) in [5, 5.41) is 14.4. The SMILES string of the molecule is O=[N+]([O-])c1ccc(-c2nc3ccccn3c2CN2CCCNCC2)cc1. The molecule has 0 atom stereocenters. The van der Waals surface area contributed by atoms with E-state index < -0.39 is 0 Å². The van der Waals surface area contributed by atoms with Gasteiger partial charge in [0.05, 0.1) is 16.3 Å². The van der Waals surface area contributed by atoms with Crippen LogP contribution in [0, 0.1) is 10.1 Å². The molecule has 3 heterocycles. The first-order chi connectivity index (χ1) is 12.7. The summed E-state index contributed by atoms with van der Waals surface area (Å²) in [6, 6.07) is 12.6. The van der Waals surface area contributed by atoms with Gasteiger partial charge in [0.15, 0.2) is 0 Å². The van der Waals surface area contributed by atoms with Gasteiger partial charge in [-0.3, -0.25) is 15.0 Å². The van der Waals surface area contributed by atoms with Crippen LogP contribution in [0.4, 0.5) is 5.69 Å². The fourth-order valence-electron chi connectivity index (χ4n) is 3.44. The predicted molar refractivity (Wildman–Crippen MR) is 100 cm³/mol. The molecule has 134 valence electrons. The van der Waals surface area contributed by atoms with Crippen molar-refractivity contribution in [1.29, 1.82) is 0 Å². The molecule has 26 heavy (non-hydrogen) atoms. The van der Waals surface area contributed by atoms with Gasteiger partial charge in [0.2, 0.25) is 0 Å². The minimum atomic E-state index is -0.376. The van der Waals surface area contributed by atoms with Crippen molar-refractivity contribution >= 4 is 11.3 Å². The van der Waals surface area contributed by atoms with Crippen LogP contribution in [-0.4, -0.2) is 45.4 Å². The average molecular weight is 351 g/mol. The lowest BCUT2D eigenvalue weighted by Crippen LogP contribution is -2.28. The Bertz CT molecular complexity index is 911. The summed E-state index contributed by atoms with van der Waals surface area (Å²) < 4.78 is 2.12. The van der Waals surface area contributed by atoms with Crippen LogP contribution in [0.15, 0.2) is 48.7 Å². The lowest BCUT2D eigenvalue weighted by atomic mass is 10.1. The van der Waals surface area contributed by atoms with Crippen molar-refractivity contribution < 1.29 is 4.92 Å². The predicted octanol–water partition coefficient (Wildman–Crippen LogP) is 2.70. The second-order valence-corrected chi connectivity index (χ2v) is 6.52. The summed E-state index contributed by atoms with van der Waals surface area (Å²) in [4.78, 5) is 17.8. The molecule has 4 rings (SSSR count). The molecule has 0 radical (unpaired) electrons.